The number of piperazine rings is 1. The van der Waals surface area contributed by atoms with Crippen LogP contribution >= 0.6 is 11.3 Å². The number of hydrogen-bond acceptors (Lipinski definition) is 7. The lowest BCUT2D eigenvalue weighted by Crippen LogP contribution is -2.44. The Hall–Kier alpha value is -3.12. The van der Waals surface area contributed by atoms with Crippen molar-refractivity contribution in [1.82, 2.24) is 23.7 Å². The maximum Gasteiger partial charge on any atom is 0.254 e. The Bertz CT molecular complexity index is 1540. The molecule has 0 bridgehead atoms. The molecule has 0 spiro atoms. The van der Waals surface area contributed by atoms with Gasteiger partial charge in [0.25, 0.3) is 10.0 Å². The van der Waals surface area contributed by atoms with E-state index >= 15 is 0 Å². The second kappa shape index (κ2) is 11.4. The standard InChI is InChI=1S/C29H33FN6O2S2/c1-33-15-17-34(18-16-33)29-32-20-28(39-29)40(37,38)36-13-2-3-26(36)23-6-8-24(9-7-23)27-19-31-21-35(27)14-12-22-4-10-25(30)11-5-22/h4-11,19-21,26H,2-3,12-18H2,1H3. The summed E-state index contributed by atoms with van der Waals surface area (Å²) < 4.78 is 44.7. The molecule has 1 atom stereocenters. The summed E-state index contributed by atoms with van der Waals surface area (Å²) in [4.78, 5) is 13.3. The molecular formula is C29H33FN6O2S2. The number of halogens is 1. The van der Waals surface area contributed by atoms with Crippen molar-refractivity contribution in [3.8, 4) is 11.3 Å². The second-order valence-electron chi connectivity index (χ2n) is 10.5. The molecule has 1 unspecified atom stereocenters. The van der Waals surface area contributed by atoms with Gasteiger partial charge < -0.3 is 14.4 Å². The fourth-order valence-electron chi connectivity index (χ4n) is 5.51. The first-order chi connectivity index (χ1) is 19.4. The summed E-state index contributed by atoms with van der Waals surface area (Å²) in [7, 11) is -1.55. The molecule has 2 fully saturated rings. The monoisotopic (exact) mass is 580 g/mol. The molecule has 0 aliphatic carbocycles. The fraction of sp³-hybridized carbons (Fsp3) is 0.379. The summed E-state index contributed by atoms with van der Waals surface area (Å²) in [5, 5.41) is 0.780. The van der Waals surface area contributed by atoms with Crippen LogP contribution in [0.4, 0.5) is 9.52 Å². The zero-order valence-corrected chi connectivity index (χ0v) is 24.1. The molecule has 11 heteroatoms. The Kier molecular flexibility index (Phi) is 7.71. The van der Waals surface area contributed by atoms with Crippen LogP contribution in [-0.2, 0) is 23.0 Å². The average molecular weight is 581 g/mol. The van der Waals surface area contributed by atoms with Gasteiger partial charge in [-0.1, -0.05) is 47.7 Å². The van der Waals surface area contributed by atoms with Crippen molar-refractivity contribution >= 4 is 26.5 Å². The van der Waals surface area contributed by atoms with Crippen LogP contribution in [0, 0.1) is 5.82 Å². The van der Waals surface area contributed by atoms with Gasteiger partial charge in [-0.3, -0.25) is 0 Å². The Morgan fingerprint density at radius 3 is 2.48 bits per heavy atom. The lowest BCUT2D eigenvalue weighted by atomic mass is 10.0. The SMILES string of the molecule is CN1CCN(c2ncc(S(=O)(=O)N3CCCC3c3ccc(-c4cncn4CCc4ccc(F)cc4)cc3)s2)CC1. The van der Waals surface area contributed by atoms with Gasteiger partial charge in [-0.25, -0.2) is 22.8 Å². The molecule has 2 aliphatic rings. The lowest BCUT2D eigenvalue weighted by molar-refractivity contribution is 0.313. The third kappa shape index (κ3) is 5.56. The lowest BCUT2D eigenvalue weighted by Gasteiger charge is -2.32. The van der Waals surface area contributed by atoms with Crippen LogP contribution in [-0.4, -0.2) is 71.9 Å². The fourth-order valence-corrected chi connectivity index (χ4v) is 8.49. The highest BCUT2D eigenvalue weighted by atomic mass is 32.2. The minimum atomic E-state index is -3.65. The van der Waals surface area contributed by atoms with Gasteiger partial charge in [0.05, 0.1) is 30.5 Å². The molecule has 0 radical (unpaired) electrons. The van der Waals surface area contributed by atoms with Crippen LogP contribution in [0.25, 0.3) is 11.3 Å². The topological polar surface area (TPSA) is 74.6 Å². The number of sulfonamides is 1. The van der Waals surface area contributed by atoms with E-state index in [0.29, 0.717) is 10.8 Å². The zero-order valence-electron chi connectivity index (χ0n) is 22.5. The summed E-state index contributed by atoms with van der Waals surface area (Å²) in [6.45, 7) is 4.83. The van der Waals surface area contributed by atoms with E-state index in [0.717, 1.165) is 79.5 Å². The molecule has 6 rings (SSSR count). The van der Waals surface area contributed by atoms with Crippen LogP contribution in [0.15, 0.2) is 71.5 Å². The highest BCUT2D eigenvalue weighted by molar-refractivity contribution is 7.91. The van der Waals surface area contributed by atoms with Gasteiger partial charge in [0.1, 0.15) is 5.82 Å². The number of anilines is 1. The summed E-state index contributed by atoms with van der Waals surface area (Å²) in [5.41, 5.74) is 4.07. The number of nitrogens with zero attached hydrogens (tertiary/aromatic N) is 6. The van der Waals surface area contributed by atoms with Crippen LogP contribution < -0.4 is 4.90 Å². The third-order valence-electron chi connectivity index (χ3n) is 7.87. The van der Waals surface area contributed by atoms with E-state index in [1.54, 1.807) is 4.31 Å². The number of aryl methyl sites for hydroxylation is 2. The maximum absolute atomic E-state index is 13.7. The molecular weight excluding hydrogens is 547 g/mol. The van der Waals surface area contributed by atoms with Gasteiger partial charge in [-0.2, -0.15) is 4.31 Å². The number of likely N-dealkylation sites (N-methyl/N-ethyl adjacent to an activating group) is 1. The van der Waals surface area contributed by atoms with Crippen LogP contribution in [0.5, 0.6) is 0 Å². The summed E-state index contributed by atoms with van der Waals surface area (Å²) in [6, 6.07) is 14.5. The van der Waals surface area contributed by atoms with Crippen LogP contribution in [0.3, 0.4) is 0 Å². The van der Waals surface area contributed by atoms with Gasteiger partial charge in [0.2, 0.25) is 0 Å². The van der Waals surface area contributed by atoms with Crippen LogP contribution in [0.2, 0.25) is 0 Å². The molecule has 0 saturated carbocycles. The van der Waals surface area contributed by atoms with E-state index < -0.39 is 10.0 Å². The largest absolute Gasteiger partial charge is 0.345 e. The average Bonchev–Trinajstić information content (AvgIpc) is 3.75. The highest BCUT2D eigenvalue weighted by Crippen LogP contribution is 2.39. The summed E-state index contributed by atoms with van der Waals surface area (Å²) in [5.74, 6) is -0.233. The number of rotatable bonds is 8. The predicted octanol–water partition coefficient (Wildman–Crippen LogP) is 4.67. The molecule has 4 heterocycles. The van der Waals surface area contributed by atoms with Gasteiger partial charge in [-0.05, 0) is 55.1 Å². The van der Waals surface area contributed by atoms with Crippen molar-refractivity contribution in [3.63, 3.8) is 0 Å². The maximum atomic E-state index is 13.7. The molecule has 2 aliphatic heterocycles. The summed E-state index contributed by atoms with van der Waals surface area (Å²) >= 11 is 1.28. The van der Waals surface area contributed by atoms with Crippen molar-refractivity contribution in [2.45, 2.75) is 36.1 Å². The quantitative estimate of drug-likeness (QED) is 0.302. The van der Waals surface area contributed by atoms with E-state index in [1.807, 2.05) is 48.9 Å². The minimum Gasteiger partial charge on any atom is -0.345 e. The number of benzene rings is 2. The van der Waals surface area contributed by atoms with Crippen molar-refractivity contribution in [2.75, 3.05) is 44.7 Å². The van der Waals surface area contributed by atoms with E-state index in [9.17, 15) is 12.8 Å². The second-order valence-corrected chi connectivity index (χ2v) is 13.6. The number of thiazole rings is 1. The number of imidazole rings is 1. The van der Waals surface area contributed by atoms with Gasteiger partial charge >= 0.3 is 0 Å². The molecule has 2 aromatic heterocycles. The Balaban J connectivity index is 1.16. The minimum absolute atomic E-state index is 0.198. The Morgan fingerprint density at radius 2 is 1.73 bits per heavy atom. The molecule has 2 aromatic carbocycles. The van der Waals surface area contributed by atoms with Crippen molar-refractivity contribution < 1.29 is 12.8 Å². The highest BCUT2D eigenvalue weighted by Gasteiger charge is 2.37. The van der Waals surface area contributed by atoms with Crippen molar-refractivity contribution in [1.29, 1.82) is 0 Å². The molecule has 40 heavy (non-hydrogen) atoms. The first-order valence-electron chi connectivity index (χ1n) is 13.6. The van der Waals surface area contributed by atoms with E-state index in [2.05, 4.69) is 31.4 Å². The van der Waals surface area contributed by atoms with Gasteiger partial charge in [0.15, 0.2) is 9.34 Å². The number of aromatic nitrogens is 3. The zero-order chi connectivity index (χ0) is 27.7. The van der Waals surface area contributed by atoms with E-state index in [4.69, 9.17) is 0 Å². The molecule has 4 aromatic rings. The van der Waals surface area contributed by atoms with E-state index in [1.165, 1.54) is 29.7 Å². The summed E-state index contributed by atoms with van der Waals surface area (Å²) in [6.07, 6.45) is 7.56. The normalized spacial score (nSPS) is 18.9. The third-order valence-corrected chi connectivity index (χ3v) is 11.3. The predicted molar refractivity (Wildman–Crippen MR) is 155 cm³/mol. The van der Waals surface area contributed by atoms with E-state index in [-0.39, 0.29) is 11.9 Å². The molecule has 2 saturated heterocycles. The molecule has 0 N–H and O–H groups in total. The molecule has 8 nitrogen and oxygen atoms in total. The van der Waals surface area contributed by atoms with Gasteiger partial charge in [-0.15, -0.1) is 0 Å². The Morgan fingerprint density at radius 1 is 0.975 bits per heavy atom. The van der Waals surface area contributed by atoms with Crippen molar-refractivity contribution in [3.05, 3.63) is 84.2 Å². The van der Waals surface area contributed by atoms with Gasteiger partial charge in [0, 0.05) is 39.3 Å². The smallest absolute Gasteiger partial charge is 0.254 e. The van der Waals surface area contributed by atoms with Crippen LogP contribution in [0.1, 0.15) is 30.0 Å². The molecule has 0 amide bonds. The van der Waals surface area contributed by atoms with Crippen molar-refractivity contribution in [2.24, 2.45) is 0 Å². The number of hydrogen-bond donors (Lipinski definition) is 0. The molecule has 210 valence electrons. The first-order valence-corrected chi connectivity index (χ1v) is 15.9. The first kappa shape index (κ1) is 27.1. The Labute approximate surface area is 238 Å².